The number of nitrogens with one attached hydrogen (secondary N) is 1. The Morgan fingerprint density at radius 2 is 1.97 bits per heavy atom. The van der Waals surface area contributed by atoms with E-state index >= 15 is 0 Å². The second kappa shape index (κ2) is 10.8. The van der Waals surface area contributed by atoms with E-state index in [1.165, 1.54) is 37.6 Å². The molecule has 8 nitrogen and oxygen atoms in total. The Morgan fingerprint density at radius 1 is 1.22 bits per heavy atom. The molecule has 1 N–H and O–H groups in total. The second-order valence-corrected chi connectivity index (χ2v) is 10.6. The molecule has 1 unspecified atom stereocenters. The normalized spacial score (nSPS) is 24.0. The molecular weight excluding hydrogens is 473 g/mol. The molecule has 0 spiro atoms. The first-order valence-corrected chi connectivity index (χ1v) is 13.6. The fourth-order valence-corrected chi connectivity index (χ4v) is 6.79. The van der Waals surface area contributed by atoms with Crippen LogP contribution < -0.4 is 5.32 Å². The minimum Gasteiger partial charge on any atom is -0.450 e. The quantitative estimate of drug-likeness (QED) is 0.600. The van der Waals surface area contributed by atoms with Gasteiger partial charge in [-0.2, -0.15) is 0 Å². The van der Waals surface area contributed by atoms with Crippen molar-refractivity contribution in [1.82, 2.24) is 24.7 Å². The van der Waals surface area contributed by atoms with Gasteiger partial charge in [0.2, 0.25) is 5.91 Å². The summed E-state index contributed by atoms with van der Waals surface area (Å²) in [5, 5.41) is 3.02. The van der Waals surface area contributed by atoms with Crippen molar-refractivity contribution in [3.05, 3.63) is 52.9 Å². The SMILES string of the molecule is CCOC(=O)N1CCc2c(nc(C)n2C2C[C@H]3CC[C@@H](C2)N3CC[C@H](NC(C)=O)c2cccc(F)c2)C1. The third kappa shape index (κ3) is 5.37. The molecule has 0 radical (unpaired) electrons. The summed E-state index contributed by atoms with van der Waals surface area (Å²) in [7, 11) is 0. The molecule has 2 fully saturated rings. The fourth-order valence-electron chi connectivity index (χ4n) is 6.79. The first-order chi connectivity index (χ1) is 17.8. The van der Waals surface area contributed by atoms with Gasteiger partial charge >= 0.3 is 6.09 Å². The van der Waals surface area contributed by atoms with Crippen molar-refractivity contribution in [2.45, 2.75) is 90.0 Å². The maximum Gasteiger partial charge on any atom is 0.410 e. The molecule has 0 saturated carbocycles. The van der Waals surface area contributed by atoms with Gasteiger partial charge in [0.15, 0.2) is 0 Å². The fraction of sp³-hybridized carbons (Fsp3) is 0.607. The van der Waals surface area contributed by atoms with Crippen LogP contribution in [0.1, 0.15) is 80.8 Å². The average Bonchev–Trinajstić information content (AvgIpc) is 3.31. The van der Waals surface area contributed by atoms with Crippen LogP contribution in [0.4, 0.5) is 9.18 Å². The van der Waals surface area contributed by atoms with Crippen LogP contribution in [-0.4, -0.2) is 63.1 Å². The highest BCUT2D eigenvalue weighted by Gasteiger charge is 2.42. The Morgan fingerprint density at radius 3 is 2.65 bits per heavy atom. The second-order valence-electron chi connectivity index (χ2n) is 10.6. The lowest BCUT2D eigenvalue weighted by atomic mass is 9.94. The Hall–Kier alpha value is -2.94. The van der Waals surface area contributed by atoms with Crippen LogP contribution in [0.5, 0.6) is 0 Å². The number of nitrogens with zero attached hydrogens (tertiary/aromatic N) is 4. The Kier molecular flexibility index (Phi) is 7.51. The highest BCUT2D eigenvalue weighted by molar-refractivity contribution is 5.73. The van der Waals surface area contributed by atoms with Crippen molar-refractivity contribution >= 4 is 12.0 Å². The van der Waals surface area contributed by atoms with Crippen LogP contribution in [0.3, 0.4) is 0 Å². The zero-order valence-corrected chi connectivity index (χ0v) is 22.1. The zero-order valence-electron chi connectivity index (χ0n) is 22.1. The molecule has 4 heterocycles. The standard InChI is InChI=1S/C28H38FN5O3/c1-4-37-28(36)32-12-11-27-26(17-32)30-18(2)34(27)24-15-22-8-9-23(16-24)33(22)13-10-25(31-19(3)35)20-6-5-7-21(29)14-20/h5-7,14,22-25H,4,8-13,15-17H2,1-3H3,(H,31,35)/t22-,23+,24?,25-/m0/s1. The highest BCUT2D eigenvalue weighted by Crippen LogP contribution is 2.43. The number of ether oxygens (including phenoxy) is 1. The molecule has 2 bridgehead atoms. The summed E-state index contributed by atoms with van der Waals surface area (Å²) in [6.07, 6.45) is 5.80. The molecule has 3 aliphatic rings. The number of amides is 2. The van der Waals surface area contributed by atoms with E-state index in [1.54, 1.807) is 11.0 Å². The summed E-state index contributed by atoms with van der Waals surface area (Å²) >= 11 is 0. The van der Waals surface area contributed by atoms with Gasteiger partial charge in [0.25, 0.3) is 0 Å². The van der Waals surface area contributed by atoms with Gasteiger partial charge in [-0.15, -0.1) is 0 Å². The maximum atomic E-state index is 13.9. The third-order valence-corrected chi connectivity index (χ3v) is 8.28. The number of carbonyl (C=O) groups is 2. The van der Waals surface area contributed by atoms with Crippen LogP contribution in [0.2, 0.25) is 0 Å². The number of hydrogen-bond donors (Lipinski definition) is 1. The number of halogens is 1. The number of hydrogen-bond acceptors (Lipinski definition) is 5. The first kappa shape index (κ1) is 25.7. The average molecular weight is 512 g/mol. The number of aryl methyl sites for hydroxylation is 1. The molecular formula is C28H38FN5O3. The van der Waals surface area contributed by atoms with Gasteiger partial charge in [0.1, 0.15) is 11.6 Å². The molecule has 4 atom stereocenters. The van der Waals surface area contributed by atoms with Crippen LogP contribution in [-0.2, 0) is 22.5 Å². The Bertz CT molecular complexity index is 1140. The molecule has 0 aliphatic carbocycles. The van der Waals surface area contributed by atoms with Crippen LogP contribution >= 0.6 is 0 Å². The topological polar surface area (TPSA) is 79.7 Å². The number of carbonyl (C=O) groups excluding carboxylic acids is 2. The summed E-state index contributed by atoms with van der Waals surface area (Å²) < 4.78 is 21.5. The van der Waals surface area contributed by atoms with Crippen molar-refractivity contribution in [2.75, 3.05) is 19.7 Å². The van der Waals surface area contributed by atoms with Crippen molar-refractivity contribution in [3.63, 3.8) is 0 Å². The zero-order chi connectivity index (χ0) is 26.1. The molecule has 9 heteroatoms. The van der Waals surface area contributed by atoms with Crippen molar-refractivity contribution in [3.8, 4) is 0 Å². The van der Waals surface area contributed by atoms with Gasteiger partial charge in [-0.25, -0.2) is 14.2 Å². The smallest absolute Gasteiger partial charge is 0.410 e. The molecule has 5 rings (SSSR count). The van der Waals surface area contributed by atoms with Gasteiger partial charge < -0.3 is 19.5 Å². The lowest BCUT2D eigenvalue weighted by Crippen LogP contribution is -2.45. The Labute approximate surface area is 218 Å². The van der Waals surface area contributed by atoms with E-state index in [2.05, 4.69) is 21.7 Å². The Balaban J connectivity index is 1.26. The summed E-state index contributed by atoms with van der Waals surface area (Å²) in [4.78, 5) is 33.3. The minimum atomic E-state index is -0.279. The monoisotopic (exact) mass is 511 g/mol. The van der Waals surface area contributed by atoms with Gasteiger partial charge in [-0.3, -0.25) is 9.69 Å². The lowest BCUT2D eigenvalue weighted by molar-refractivity contribution is -0.119. The summed E-state index contributed by atoms with van der Waals surface area (Å²) in [5.41, 5.74) is 3.09. The highest BCUT2D eigenvalue weighted by atomic mass is 19.1. The summed E-state index contributed by atoms with van der Waals surface area (Å²) in [6, 6.07) is 7.74. The lowest BCUT2D eigenvalue weighted by Gasteiger charge is -2.41. The van der Waals surface area contributed by atoms with E-state index in [0.717, 1.165) is 49.3 Å². The third-order valence-electron chi connectivity index (χ3n) is 8.28. The molecule has 2 aromatic rings. The molecule has 3 aliphatic heterocycles. The number of rotatable bonds is 7. The van der Waals surface area contributed by atoms with Crippen molar-refractivity contribution < 1.29 is 18.7 Å². The van der Waals surface area contributed by atoms with E-state index in [-0.39, 0.29) is 23.9 Å². The molecule has 1 aromatic carbocycles. The van der Waals surface area contributed by atoms with E-state index in [0.29, 0.717) is 37.8 Å². The van der Waals surface area contributed by atoms with Crippen LogP contribution in [0.25, 0.3) is 0 Å². The number of fused-ring (bicyclic) bond motifs is 3. The molecule has 1 aromatic heterocycles. The number of piperidine rings is 1. The predicted octanol–water partition coefficient (Wildman–Crippen LogP) is 4.28. The molecule has 200 valence electrons. The molecule has 2 saturated heterocycles. The van der Waals surface area contributed by atoms with Gasteiger partial charge in [0.05, 0.1) is 24.9 Å². The van der Waals surface area contributed by atoms with E-state index in [4.69, 9.17) is 9.72 Å². The predicted molar refractivity (Wildman–Crippen MR) is 137 cm³/mol. The van der Waals surface area contributed by atoms with Gasteiger partial charge in [-0.1, -0.05) is 12.1 Å². The molecule has 2 amide bonds. The first-order valence-electron chi connectivity index (χ1n) is 13.6. The number of benzene rings is 1. The summed E-state index contributed by atoms with van der Waals surface area (Å²) in [5.74, 6) is 0.654. The summed E-state index contributed by atoms with van der Waals surface area (Å²) in [6.45, 7) is 7.85. The van der Waals surface area contributed by atoms with Gasteiger partial charge in [0, 0.05) is 50.3 Å². The van der Waals surface area contributed by atoms with Gasteiger partial charge in [-0.05, 0) is 63.6 Å². The van der Waals surface area contributed by atoms with Crippen molar-refractivity contribution in [2.24, 2.45) is 0 Å². The van der Waals surface area contributed by atoms with E-state index in [1.807, 2.05) is 13.0 Å². The number of imidazole rings is 1. The largest absolute Gasteiger partial charge is 0.450 e. The van der Waals surface area contributed by atoms with Crippen LogP contribution in [0, 0.1) is 12.7 Å². The molecule has 37 heavy (non-hydrogen) atoms. The van der Waals surface area contributed by atoms with E-state index < -0.39 is 0 Å². The number of aromatic nitrogens is 2. The van der Waals surface area contributed by atoms with E-state index in [9.17, 15) is 14.0 Å². The van der Waals surface area contributed by atoms with Crippen molar-refractivity contribution in [1.29, 1.82) is 0 Å². The maximum absolute atomic E-state index is 13.9. The minimum absolute atomic E-state index is 0.0992. The van der Waals surface area contributed by atoms with Crippen LogP contribution in [0.15, 0.2) is 24.3 Å².